The SMILES string of the molecule is CCNC(Cc1ccc(CC)s1)c1cc2c(s1)CCCC2. The first kappa shape index (κ1) is 15.3. The van der Waals surface area contributed by atoms with Gasteiger partial charge in [-0.1, -0.05) is 13.8 Å². The summed E-state index contributed by atoms with van der Waals surface area (Å²) in [5, 5.41) is 3.70. The molecule has 0 bridgehead atoms. The highest BCUT2D eigenvalue weighted by atomic mass is 32.1. The molecule has 2 aromatic rings. The Kier molecular flexibility index (Phi) is 5.15. The second kappa shape index (κ2) is 7.08. The van der Waals surface area contributed by atoms with Gasteiger partial charge in [-0.05, 0) is 62.4 Å². The van der Waals surface area contributed by atoms with Crippen LogP contribution in [0.4, 0.5) is 0 Å². The van der Waals surface area contributed by atoms with E-state index in [2.05, 4.69) is 48.7 Å². The molecule has 1 N–H and O–H groups in total. The zero-order valence-corrected chi connectivity index (χ0v) is 14.7. The highest BCUT2D eigenvalue weighted by Gasteiger charge is 2.19. The van der Waals surface area contributed by atoms with Gasteiger partial charge in [0.1, 0.15) is 0 Å². The van der Waals surface area contributed by atoms with Crippen molar-refractivity contribution in [1.82, 2.24) is 5.32 Å². The fraction of sp³-hybridized carbons (Fsp3) is 0.556. The maximum absolute atomic E-state index is 3.70. The topological polar surface area (TPSA) is 12.0 Å². The smallest absolute Gasteiger partial charge is 0.0463 e. The first-order valence-electron chi connectivity index (χ1n) is 8.22. The molecule has 0 fully saturated rings. The quantitative estimate of drug-likeness (QED) is 0.777. The minimum atomic E-state index is 0.494. The summed E-state index contributed by atoms with van der Waals surface area (Å²) in [6.07, 6.45) is 7.65. The summed E-state index contributed by atoms with van der Waals surface area (Å²) in [5.41, 5.74) is 1.63. The zero-order valence-electron chi connectivity index (χ0n) is 13.1. The Morgan fingerprint density at radius 2 is 1.90 bits per heavy atom. The van der Waals surface area contributed by atoms with E-state index in [1.54, 1.807) is 15.3 Å². The van der Waals surface area contributed by atoms with Crippen molar-refractivity contribution in [3.8, 4) is 0 Å². The lowest BCUT2D eigenvalue weighted by Crippen LogP contribution is -2.21. The molecule has 0 spiro atoms. The van der Waals surface area contributed by atoms with Crippen molar-refractivity contribution in [1.29, 1.82) is 0 Å². The summed E-state index contributed by atoms with van der Waals surface area (Å²) in [7, 11) is 0. The van der Waals surface area contributed by atoms with E-state index in [0.717, 1.165) is 19.4 Å². The van der Waals surface area contributed by atoms with E-state index in [1.165, 1.54) is 35.4 Å². The Hall–Kier alpha value is -0.640. The maximum atomic E-state index is 3.70. The normalized spacial score (nSPS) is 15.9. The lowest BCUT2D eigenvalue weighted by atomic mass is 9.98. The second-order valence-corrected chi connectivity index (χ2v) is 8.26. The van der Waals surface area contributed by atoms with Crippen LogP contribution in [-0.4, -0.2) is 6.54 Å². The molecule has 2 heterocycles. The predicted molar refractivity (Wildman–Crippen MR) is 94.8 cm³/mol. The summed E-state index contributed by atoms with van der Waals surface area (Å²) >= 11 is 4.04. The van der Waals surface area contributed by atoms with Gasteiger partial charge in [-0.2, -0.15) is 0 Å². The van der Waals surface area contributed by atoms with E-state index in [0.29, 0.717) is 6.04 Å². The number of hydrogen-bond acceptors (Lipinski definition) is 3. The fourth-order valence-corrected chi connectivity index (χ4v) is 5.46. The van der Waals surface area contributed by atoms with Crippen LogP contribution in [0.3, 0.4) is 0 Å². The van der Waals surface area contributed by atoms with Crippen molar-refractivity contribution in [3.63, 3.8) is 0 Å². The number of aryl methyl sites for hydroxylation is 3. The molecule has 0 saturated carbocycles. The lowest BCUT2D eigenvalue weighted by molar-refractivity contribution is 0.561. The molecule has 0 radical (unpaired) electrons. The van der Waals surface area contributed by atoms with Crippen LogP contribution in [0.5, 0.6) is 0 Å². The Balaban J connectivity index is 1.78. The van der Waals surface area contributed by atoms with Crippen LogP contribution in [0.2, 0.25) is 0 Å². The third kappa shape index (κ3) is 3.58. The van der Waals surface area contributed by atoms with Crippen molar-refractivity contribution in [2.24, 2.45) is 0 Å². The summed E-state index contributed by atoms with van der Waals surface area (Å²) in [6.45, 7) is 5.50. The predicted octanol–water partition coefficient (Wildman–Crippen LogP) is 5.14. The Labute approximate surface area is 136 Å². The number of fused-ring (bicyclic) bond motifs is 1. The highest BCUT2D eigenvalue weighted by Crippen LogP contribution is 2.34. The van der Waals surface area contributed by atoms with Gasteiger partial charge in [-0.15, -0.1) is 22.7 Å². The van der Waals surface area contributed by atoms with Gasteiger partial charge in [0.2, 0.25) is 0 Å². The summed E-state index contributed by atoms with van der Waals surface area (Å²) in [6, 6.07) is 7.60. The molecule has 1 aliphatic rings. The standard InChI is InChI=1S/C18H25NS2/c1-3-14-9-10-15(20-14)12-16(19-4-2)18-11-13-7-5-6-8-17(13)21-18/h9-11,16,19H,3-8,12H2,1-2H3. The van der Waals surface area contributed by atoms with E-state index in [4.69, 9.17) is 0 Å². The molecular formula is C18H25NS2. The Bertz CT molecular complexity index is 558. The molecule has 3 heteroatoms. The molecule has 2 aromatic heterocycles. The van der Waals surface area contributed by atoms with E-state index >= 15 is 0 Å². The number of rotatable bonds is 6. The van der Waals surface area contributed by atoms with Crippen LogP contribution in [0.15, 0.2) is 18.2 Å². The van der Waals surface area contributed by atoms with Gasteiger partial charge in [0.15, 0.2) is 0 Å². The van der Waals surface area contributed by atoms with Gasteiger partial charge in [-0.3, -0.25) is 0 Å². The monoisotopic (exact) mass is 319 g/mol. The van der Waals surface area contributed by atoms with Crippen LogP contribution in [0.25, 0.3) is 0 Å². The average Bonchev–Trinajstić information content (AvgIpc) is 3.12. The summed E-state index contributed by atoms with van der Waals surface area (Å²) in [4.78, 5) is 6.23. The second-order valence-electron chi connectivity index (χ2n) is 5.84. The fourth-order valence-electron chi connectivity index (χ4n) is 3.13. The van der Waals surface area contributed by atoms with Crippen LogP contribution in [0.1, 0.15) is 57.8 Å². The van der Waals surface area contributed by atoms with Crippen molar-refractivity contribution in [2.75, 3.05) is 6.54 Å². The molecule has 1 unspecified atom stereocenters. The maximum Gasteiger partial charge on any atom is 0.0463 e. The zero-order chi connectivity index (χ0) is 14.7. The Morgan fingerprint density at radius 1 is 1.10 bits per heavy atom. The van der Waals surface area contributed by atoms with Crippen molar-refractivity contribution >= 4 is 22.7 Å². The largest absolute Gasteiger partial charge is 0.309 e. The molecule has 1 aliphatic carbocycles. The minimum absolute atomic E-state index is 0.494. The summed E-state index contributed by atoms with van der Waals surface area (Å²) in [5.74, 6) is 0. The molecule has 114 valence electrons. The third-order valence-corrected chi connectivity index (χ3v) is 6.88. The van der Waals surface area contributed by atoms with E-state index in [9.17, 15) is 0 Å². The van der Waals surface area contributed by atoms with E-state index in [-0.39, 0.29) is 0 Å². The minimum Gasteiger partial charge on any atom is -0.309 e. The van der Waals surface area contributed by atoms with E-state index in [1.807, 2.05) is 11.3 Å². The molecule has 3 rings (SSSR count). The summed E-state index contributed by atoms with van der Waals surface area (Å²) < 4.78 is 0. The lowest BCUT2D eigenvalue weighted by Gasteiger charge is -2.15. The third-order valence-electron chi connectivity index (χ3n) is 4.28. The highest BCUT2D eigenvalue weighted by molar-refractivity contribution is 7.12. The van der Waals surface area contributed by atoms with Crippen LogP contribution in [0, 0.1) is 0 Å². The average molecular weight is 320 g/mol. The first-order chi connectivity index (χ1) is 10.3. The molecule has 1 nitrogen and oxygen atoms in total. The first-order valence-corrected chi connectivity index (χ1v) is 9.86. The number of nitrogens with one attached hydrogen (secondary N) is 1. The number of thiophene rings is 2. The molecule has 1 atom stereocenters. The molecule has 0 amide bonds. The van der Waals surface area contributed by atoms with Crippen molar-refractivity contribution in [2.45, 2.75) is 58.4 Å². The van der Waals surface area contributed by atoms with Gasteiger partial charge in [-0.25, -0.2) is 0 Å². The van der Waals surface area contributed by atoms with Gasteiger partial charge in [0.25, 0.3) is 0 Å². The van der Waals surface area contributed by atoms with E-state index < -0.39 is 0 Å². The van der Waals surface area contributed by atoms with Crippen LogP contribution < -0.4 is 5.32 Å². The number of likely N-dealkylation sites (N-methyl/N-ethyl adjacent to an activating group) is 1. The van der Waals surface area contributed by atoms with Gasteiger partial charge in [0.05, 0.1) is 0 Å². The number of hydrogen-bond donors (Lipinski definition) is 1. The Morgan fingerprint density at radius 3 is 2.62 bits per heavy atom. The molecule has 0 aromatic carbocycles. The van der Waals surface area contributed by atoms with Crippen LogP contribution >= 0.6 is 22.7 Å². The van der Waals surface area contributed by atoms with Crippen molar-refractivity contribution < 1.29 is 0 Å². The molecular weight excluding hydrogens is 294 g/mol. The van der Waals surface area contributed by atoms with Gasteiger partial charge >= 0.3 is 0 Å². The molecule has 21 heavy (non-hydrogen) atoms. The molecule has 0 saturated heterocycles. The van der Waals surface area contributed by atoms with Crippen molar-refractivity contribution in [3.05, 3.63) is 43.3 Å². The van der Waals surface area contributed by atoms with Crippen LogP contribution in [-0.2, 0) is 25.7 Å². The van der Waals surface area contributed by atoms with Gasteiger partial charge < -0.3 is 5.32 Å². The molecule has 0 aliphatic heterocycles. The van der Waals surface area contributed by atoms with Gasteiger partial charge in [0, 0.05) is 32.0 Å².